The number of hydrogen-bond donors (Lipinski definition) is 1. The van der Waals surface area contributed by atoms with E-state index in [2.05, 4.69) is 16.0 Å². The average molecular weight is 412 g/mol. The molecule has 1 amide bonds. The number of benzene rings is 1. The van der Waals surface area contributed by atoms with Crippen LogP contribution in [-0.2, 0) is 6.54 Å². The van der Waals surface area contributed by atoms with Gasteiger partial charge >= 0.3 is 0 Å². The van der Waals surface area contributed by atoms with Crippen LogP contribution in [0, 0.1) is 5.41 Å². The van der Waals surface area contributed by atoms with Gasteiger partial charge in [-0.2, -0.15) is 0 Å². The Hall–Kier alpha value is -2.80. The Morgan fingerprint density at radius 1 is 1.10 bits per heavy atom. The van der Waals surface area contributed by atoms with Crippen LogP contribution in [0.5, 0.6) is 11.5 Å². The van der Waals surface area contributed by atoms with Crippen molar-refractivity contribution in [3.05, 3.63) is 58.0 Å². The Labute approximate surface area is 176 Å². The van der Waals surface area contributed by atoms with Gasteiger partial charge in [-0.3, -0.25) is 14.5 Å². The van der Waals surface area contributed by atoms with E-state index in [1.807, 2.05) is 17.0 Å². The number of pyridine rings is 1. The molecule has 2 fully saturated rings. The third-order valence-corrected chi connectivity index (χ3v) is 6.38. The van der Waals surface area contributed by atoms with Crippen LogP contribution in [0.3, 0.4) is 0 Å². The monoisotopic (exact) mass is 411 g/mol. The quantitative estimate of drug-likeness (QED) is 0.818. The molecule has 4 rings (SSSR count). The highest BCUT2D eigenvalue weighted by atomic mass is 16.5. The van der Waals surface area contributed by atoms with Gasteiger partial charge in [0.1, 0.15) is 0 Å². The molecule has 0 saturated carbocycles. The first kappa shape index (κ1) is 20.5. The lowest BCUT2D eigenvalue weighted by molar-refractivity contribution is 0.0673. The summed E-state index contributed by atoms with van der Waals surface area (Å²) in [6.07, 6.45) is 4.77. The molecule has 1 unspecified atom stereocenters. The van der Waals surface area contributed by atoms with E-state index < -0.39 is 0 Å². The van der Waals surface area contributed by atoms with E-state index in [0.717, 1.165) is 69.0 Å². The molecule has 2 aromatic rings. The maximum Gasteiger partial charge on any atom is 0.255 e. The minimum Gasteiger partial charge on any atom is -0.493 e. The van der Waals surface area contributed by atoms with E-state index in [1.165, 1.54) is 12.3 Å². The third-order valence-electron chi connectivity index (χ3n) is 6.38. The van der Waals surface area contributed by atoms with Crippen LogP contribution in [0.15, 0.2) is 41.3 Å². The molecule has 1 N–H and O–H groups in total. The summed E-state index contributed by atoms with van der Waals surface area (Å²) >= 11 is 0. The number of carbonyl (C=O) groups excluding carboxylic acids is 1. The minimum absolute atomic E-state index is 0.00489. The molecule has 1 atom stereocenters. The van der Waals surface area contributed by atoms with E-state index in [4.69, 9.17) is 9.47 Å². The maximum absolute atomic E-state index is 12.9. The molecule has 0 aliphatic carbocycles. The van der Waals surface area contributed by atoms with Crippen LogP contribution >= 0.6 is 0 Å². The zero-order chi connectivity index (χ0) is 21.1. The van der Waals surface area contributed by atoms with Crippen molar-refractivity contribution in [2.45, 2.75) is 25.8 Å². The molecule has 0 bridgehead atoms. The molecule has 3 heterocycles. The summed E-state index contributed by atoms with van der Waals surface area (Å²) in [5.74, 6) is 1.54. The molecule has 1 spiro atoms. The molecule has 1 aromatic heterocycles. The lowest BCUT2D eigenvalue weighted by Crippen LogP contribution is -2.45. The normalized spacial score (nSPS) is 21.7. The van der Waals surface area contributed by atoms with E-state index in [9.17, 15) is 9.59 Å². The van der Waals surface area contributed by atoms with Crippen molar-refractivity contribution in [1.29, 1.82) is 0 Å². The Morgan fingerprint density at radius 2 is 1.97 bits per heavy atom. The molecule has 0 radical (unpaired) electrons. The predicted octanol–water partition coefficient (Wildman–Crippen LogP) is 2.52. The van der Waals surface area contributed by atoms with Crippen LogP contribution in [-0.4, -0.2) is 61.1 Å². The molecule has 2 saturated heterocycles. The standard InChI is InChI=1S/C23H29N3O4/c1-29-19-6-3-5-18(21(19)30-2)14-25-11-4-9-23(15-25)10-12-26(16-23)22(28)17-7-8-20(27)24-13-17/h3,5-8,13H,4,9-12,14-16H2,1-2H3,(H,24,27). The van der Waals surface area contributed by atoms with Gasteiger partial charge in [0.25, 0.3) is 5.91 Å². The van der Waals surface area contributed by atoms with Crippen LogP contribution in [0.25, 0.3) is 0 Å². The average Bonchev–Trinajstić information content (AvgIpc) is 3.16. The zero-order valence-corrected chi connectivity index (χ0v) is 17.6. The predicted molar refractivity (Wildman–Crippen MR) is 114 cm³/mol. The fraction of sp³-hybridized carbons (Fsp3) is 0.478. The smallest absolute Gasteiger partial charge is 0.255 e. The molecule has 2 aliphatic rings. The lowest BCUT2D eigenvalue weighted by atomic mass is 9.79. The van der Waals surface area contributed by atoms with Crippen molar-refractivity contribution in [2.24, 2.45) is 5.41 Å². The number of piperidine rings is 1. The van der Waals surface area contributed by atoms with E-state index in [-0.39, 0.29) is 16.9 Å². The number of aromatic nitrogens is 1. The number of rotatable bonds is 5. The number of para-hydroxylation sites is 1. The van der Waals surface area contributed by atoms with Crippen LogP contribution < -0.4 is 15.0 Å². The summed E-state index contributed by atoms with van der Waals surface area (Å²) in [6.45, 7) is 4.32. The molecular weight excluding hydrogens is 382 g/mol. The molecule has 1 aromatic carbocycles. The van der Waals surface area contributed by atoms with Crippen molar-refractivity contribution < 1.29 is 14.3 Å². The Balaban J connectivity index is 1.45. The maximum atomic E-state index is 12.9. The lowest BCUT2D eigenvalue weighted by Gasteiger charge is -2.40. The van der Waals surface area contributed by atoms with Crippen LogP contribution in [0.1, 0.15) is 35.2 Å². The van der Waals surface area contributed by atoms with Gasteiger partial charge in [0.2, 0.25) is 5.56 Å². The first-order valence-corrected chi connectivity index (χ1v) is 10.4. The summed E-state index contributed by atoms with van der Waals surface area (Å²) in [4.78, 5) is 31.1. The van der Waals surface area contributed by atoms with Crippen molar-refractivity contribution >= 4 is 5.91 Å². The topological polar surface area (TPSA) is 74.9 Å². The van der Waals surface area contributed by atoms with Gasteiger partial charge in [-0.15, -0.1) is 0 Å². The van der Waals surface area contributed by atoms with E-state index >= 15 is 0 Å². The highest BCUT2D eigenvalue weighted by Crippen LogP contribution is 2.40. The Kier molecular flexibility index (Phi) is 5.81. The van der Waals surface area contributed by atoms with Gasteiger partial charge in [-0.25, -0.2) is 0 Å². The van der Waals surface area contributed by atoms with Gasteiger partial charge in [0, 0.05) is 49.4 Å². The zero-order valence-electron chi connectivity index (χ0n) is 17.6. The number of methoxy groups -OCH3 is 2. The summed E-state index contributed by atoms with van der Waals surface area (Å²) in [7, 11) is 3.33. The molecule has 30 heavy (non-hydrogen) atoms. The summed E-state index contributed by atoms with van der Waals surface area (Å²) in [5, 5.41) is 0. The highest BCUT2D eigenvalue weighted by molar-refractivity contribution is 5.94. The van der Waals surface area contributed by atoms with Crippen molar-refractivity contribution in [3.63, 3.8) is 0 Å². The van der Waals surface area contributed by atoms with Gasteiger partial charge < -0.3 is 19.4 Å². The number of carbonyl (C=O) groups is 1. The Bertz CT molecular complexity index is 953. The summed E-state index contributed by atoms with van der Waals surface area (Å²) in [5.41, 5.74) is 1.59. The molecule has 2 aliphatic heterocycles. The second kappa shape index (κ2) is 8.52. The van der Waals surface area contributed by atoms with Gasteiger partial charge in [-0.1, -0.05) is 12.1 Å². The summed E-state index contributed by atoms with van der Waals surface area (Å²) < 4.78 is 11.0. The number of likely N-dealkylation sites (tertiary alicyclic amines) is 2. The second-order valence-electron chi connectivity index (χ2n) is 8.39. The number of H-pyrrole nitrogens is 1. The third kappa shape index (κ3) is 4.07. The van der Waals surface area contributed by atoms with E-state index in [1.54, 1.807) is 20.3 Å². The van der Waals surface area contributed by atoms with Gasteiger partial charge in [-0.05, 0) is 37.9 Å². The molecule has 160 valence electrons. The fourth-order valence-electron chi connectivity index (χ4n) is 4.93. The molecular formula is C23H29N3O4. The number of nitrogens with one attached hydrogen (secondary N) is 1. The first-order chi connectivity index (χ1) is 14.5. The number of aromatic amines is 1. The van der Waals surface area contributed by atoms with Crippen molar-refractivity contribution in [2.75, 3.05) is 40.4 Å². The highest BCUT2D eigenvalue weighted by Gasteiger charge is 2.43. The number of nitrogens with zero attached hydrogens (tertiary/aromatic N) is 2. The number of hydrogen-bond acceptors (Lipinski definition) is 5. The SMILES string of the molecule is COc1cccc(CN2CCCC3(CCN(C(=O)c4ccc(=O)[nH]c4)C3)C2)c1OC. The summed E-state index contributed by atoms with van der Waals surface area (Å²) in [6, 6.07) is 9.01. The van der Waals surface area contributed by atoms with Crippen LogP contribution in [0.2, 0.25) is 0 Å². The van der Waals surface area contributed by atoms with Gasteiger partial charge in [0.05, 0.1) is 19.8 Å². The van der Waals surface area contributed by atoms with Crippen molar-refractivity contribution in [3.8, 4) is 11.5 Å². The molecule has 7 heteroatoms. The fourth-order valence-corrected chi connectivity index (χ4v) is 4.93. The first-order valence-electron chi connectivity index (χ1n) is 10.4. The number of amides is 1. The largest absolute Gasteiger partial charge is 0.493 e. The van der Waals surface area contributed by atoms with Crippen LogP contribution in [0.4, 0.5) is 0 Å². The number of ether oxygens (including phenoxy) is 2. The second-order valence-corrected chi connectivity index (χ2v) is 8.39. The minimum atomic E-state index is -0.194. The Morgan fingerprint density at radius 3 is 2.70 bits per heavy atom. The van der Waals surface area contributed by atoms with Crippen molar-refractivity contribution in [1.82, 2.24) is 14.8 Å². The van der Waals surface area contributed by atoms with Gasteiger partial charge in [0.15, 0.2) is 11.5 Å². The van der Waals surface area contributed by atoms with E-state index in [0.29, 0.717) is 5.56 Å². The molecule has 7 nitrogen and oxygen atoms in total.